The topological polar surface area (TPSA) is 467 Å². The summed E-state index contributed by atoms with van der Waals surface area (Å²) in [5.41, 5.74) is -6.56. The number of carbonyl (C=O) groups excluding carboxylic acids is 7. The molecule has 3 amide bonds. The van der Waals surface area contributed by atoms with E-state index in [0.717, 1.165) is 35.3 Å². The van der Waals surface area contributed by atoms with E-state index in [1.165, 1.54) is 24.3 Å². The molecule has 0 fully saturated rings. The SMILES string of the molecule is O=C(Nc1cc(C(O)=Nc2cc(C(=O)OP(=O)(O)O)cc(C(=O)OP(=O)(O)O)c2)cc(C(O)=Nc2cc(C(=O)OP(=O)(O)O)cc(C(=O)OP(=O)(O)O)c2)c1)c1ccc(N2C(=O)C=CC2=O)cc1. The van der Waals surface area contributed by atoms with Gasteiger partial charge in [-0.1, -0.05) is 0 Å². The predicted molar refractivity (Wildman–Crippen MR) is 223 cm³/mol. The molecule has 5 rings (SSSR count). The highest BCUT2D eigenvalue weighted by Gasteiger charge is 2.29. The Labute approximate surface area is 376 Å². The second-order valence-corrected chi connectivity index (χ2v) is 17.7. The van der Waals surface area contributed by atoms with Crippen LogP contribution in [0.15, 0.2) is 101 Å². The number of carbonyl (C=O) groups is 7. The van der Waals surface area contributed by atoms with Crippen LogP contribution in [-0.4, -0.2) is 103 Å². The minimum absolute atomic E-state index is 0.0718. The predicted octanol–water partition coefficient (Wildman–Crippen LogP) is 2.64. The highest BCUT2D eigenvalue weighted by atomic mass is 31.2. The number of aliphatic imine (C=N–C) groups is 2. The Morgan fingerprint density at radius 2 is 0.765 bits per heavy atom. The molecule has 4 aromatic carbocycles. The Balaban J connectivity index is 1.65. The van der Waals surface area contributed by atoms with E-state index in [2.05, 4.69) is 33.4 Å². The molecule has 0 spiro atoms. The van der Waals surface area contributed by atoms with E-state index in [-0.39, 0.29) is 16.9 Å². The molecule has 0 saturated heterocycles. The zero-order valence-corrected chi connectivity index (χ0v) is 36.5. The molecule has 11 N–H and O–H groups in total. The number of anilines is 2. The first-order valence-electron chi connectivity index (χ1n) is 17.5. The summed E-state index contributed by atoms with van der Waals surface area (Å²) in [6.07, 6.45) is 2.02. The van der Waals surface area contributed by atoms with Crippen molar-refractivity contribution in [2.45, 2.75) is 0 Å². The number of nitrogens with one attached hydrogen (secondary N) is 1. The standard InChI is InChI=1S/C35H26N4O25P4/c40-27-5-6-28(41)39(27)26-3-1-16(2-4-26)29(42)36-23-10-17(30(43)37-24-12-19(32(45)61-65(49,50)51)8-20(13-24)33(46)62-66(52,53)54)7-18(11-23)31(44)38-25-14-21(34(47)63-67(55,56)57)9-22(15-25)35(48)64-68(58,59)60/h1-15H,(H,36,42)(H,37,43)(H,38,44)(H2,49,50,51)(H2,52,53,54)(H2,55,56,57)(H2,58,59,60). The van der Waals surface area contributed by atoms with Gasteiger partial charge in [-0.25, -0.2) is 52.3 Å². The summed E-state index contributed by atoms with van der Waals surface area (Å²) in [5.74, 6) is -11.9. The van der Waals surface area contributed by atoms with Crippen LogP contribution in [0.4, 0.5) is 22.7 Å². The van der Waals surface area contributed by atoms with E-state index in [1.54, 1.807) is 0 Å². The number of phosphoric acid groups is 4. The van der Waals surface area contributed by atoms with Crippen LogP contribution >= 0.6 is 31.3 Å². The Bertz CT molecular complexity index is 2830. The maximum Gasteiger partial charge on any atom is 0.527 e. The highest BCUT2D eigenvalue weighted by Crippen LogP contribution is 2.41. The smallest absolute Gasteiger partial charge is 0.493 e. The Morgan fingerprint density at radius 1 is 0.456 bits per heavy atom. The monoisotopic (exact) mass is 1030 g/mol. The molecule has 0 aliphatic carbocycles. The van der Waals surface area contributed by atoms with Crippen molar-refractivity contribution >= 4 is 107 Å². The molecule has 0 radical (unpaired) electrons. The maximum atomic E-state index is 13.5. The molecule has 4 aromatic rings. The summed E-state index contributed by atoms with van der Waals surface area (Å²) >= 11 is 0. The Morgan fingerprint density at radius 3 is 1.07 bits per heavy atom. The van der Waals surface area contributed by atoms with Crippen LogP contribution in [0.3, 0.4) is 0 Å². The molecule has 1 aliphatic heterocycles. The Kier molecular flexibility index (Phi) is 15.1. The van der Waals surface area contributed by atoms with Gasteiger partial charge >= 0.3 is 55.2 Å². The number of benzene rings is 4. The molecule has 33 heteroatoms. The van der Waals surface area contributed by atoms with Crippen LogP contribution in [0, 0.1) is 0 Å². The van der Waals surface area contributed by atoms with Crippen LogP contribution in [0.2, 0.25) is 0 Å². The second-order valence-electron chi connectivity index (χ2n) is 13.0. The first-order valence-corrected chi connectivity index (χ1v) is 23.6. The molecule has 356 valence electrons. The fraction of sp³-hybridized carbons (Fsp3) is 0. The molecular weight excluding hydrogens is 1000 g/mol. The van der Waals surface area contributed by atoms with Crippen molar-refractivity contribution < 1.29 is 119 Å². The molecule has 0 aromatic heterocycles. The van der Waals surface area contributed by atoms with E-state index in [0.29, 0.717) is 36.4 Å². The average Bonchev–Trinajstić information content (AvgIpc) is 3.54. The number of aliphatic hydroxyl groups excluding tert-OH is 2. The minimum Gasteiger partial charge on any atom is -0.493 e. The van der Waals surface area contributed by atoms with Gasteiger partial charge in [0.15, 0.2) is 0 Å². The van der Waals surface area contributed by atoms with Crippen LogP contribution in [0.25, 0.3) is 0 Å². The molecule has 29 nitrogen and oxygen atoms in total. The van der Waals surface area contributed by atoms with Gasteiger partial charge in [0.1, 0.15) is 0 Å². The van der Waals surface area contributed by atoms with Crippen molar-refractivity contribution in [1.82, 2.24) is 0 Å². The van der Waals surface area contributed by atoms with Gasteiger partial charge in [0, 0.05) is 34.5 Å². The van der Waals surface area contributed by atoms with Gasteiger partial charge in [-0.3, -0.25) is 53.5 Å². The van der Waals surface area contributed by atoms with Gasteiger partial charge in [-0.2, -0.15) is 0 Å². The number of hydrogen-bond donors (Lipinski definition) is 11. The maximum absolute atomic E-state index is 13.5. The fourth-order valence-electron chi connectivity index (χ4n) is 5.42. The van der Waals surface area contributed by atoms with Crippen molar-refractivity contribution in [1.29, 1.82) is 0 Å². The summed E-state index contributed by atoms with van der Waals surface area (Å²) in [6, 6.07) is 11.2. The number of hydrogen-bond acceptors (Lipinski definition) is 17. The number of amides is 3. The molecule has 0 bridgehead atoms. The fourth-order valence-corrected chi connectivity index (χ4v) is 6.70. The number of imide groups is 1. The van der Waals surface area contributed by atoms with Crippen molar-refractivity contribution in [2.24, 2.45) is 9.98 Å². The van der Waals surface area contributed by atoms with Crippen LogP contribution in [-0.2, 0) is 45.9 Å². The molecule has 1 heterocycles. The van der Waals surface area contributed by atoms with E-state index >= 15 is 0 Å². The third-order valence-electron chi connectivity index (χ3n) is 7.96. The van der Waals surface area contributed by atoms with Crippen LogP contribution < -0.4 is 10.2 Å². The van der Waals surface area contributed by atoms with E-state index in [9.17, 15) is 62.0 Å². The quantitative estimate of drug-likeness (QED) is 0.0353. The van der Waals surface area contributed by atoms with Gasteiger partial charge < -0.3 is 33.6 Å². The van der Waals surface area contributed by atoms with Gasteiger partial charge in [0.2, 0.25) is 11.8 Å². The summed E-state index contributed by atoms with van der Waals surface area (Å²) in [4.78, 5) is 169. The van der Waals surface area contributed by atoms with Crippen LogP contribution in [0.1, 0.15) is 62.9 Å². The largest absolute Gasteiger partial charge is 0.527 e. The summed E-state index contributed by atoms with van der Waals surface area (Å²) in [7, 11) is -22.2. The number of phosphoric ester groups is 4. The number of rotatable bonds is 15. The third kappa shape index (κ3) is 14.6. The highest BCUT2D eigenvalue weighted by molar-refractivity contribution is 7.47. The van der Waals surface area contributed by atoms with Crippen molar-refractivity contribution in [3.63, 3.8) is 0 Å². The first kappa shape index (κ1) is 51.6. The normalized spacial score (nSPS) is 13.5. The summed E-state index contributed by atoms with van der Waals surface area (Å²) in [5, 5.41) is 24.9. The van der Waals surface area contributed by atoms with Crippen molar-refractivity contribution in [2.75, 3.05) is 10.2 Å². The zero-order valence-electron chi connectivity index (χ0n) is 32.9. The van der Waals surface area contributed by atoms with Gasteiger partial charge in [-0.15, -0.1) is 0 Å². The van der Waals surface area contributed by atoms with Gasteiger partial charge in [0.05, 0.1) is 39.3 Å². The molecule has 0 atom stereocenters. The minimum atomic E-state index is -5.56. The number of nitrogens with zero attached hydrogens (tertiary/aromatic N) is 3. The van der Waals surface area contributed by atoms with Gasteiger partial charge in [0.25, 0.3) is 17.7 Å². The average molecular weight is 1030 g/mol. The van der Waals surface area contributed by atoms with Crippen molar-refractivity contribution in [3.05, 3.63) is 130 Å². The summed E-state index contributed by atoms with van der Waals surface area (Å²) < 4.78 is 61.4. The van der Waals surface area contributed by atoms with E-state index in [1.807, 2.05) is 0 Å². The van der Waals surface area contributed by atoms with Crippen LogP contribution in [0.5, 0.6) is 0 Å². The zero-order chi connectivity index (χ0) is 50.7. The molecule has 1 aliphatic rings. The first-order chi connectivity index (χ1) is 31.3. The molecule has 68 heavy (non-hydrogen) atoms. The summed E-state index contributed by atoms with van der Waals surface area (Å²) in [6.45, 7) is 0. The lowest BCUT2D eigenvalue weighted by molar-refractivity contribution is -0.120. The lowest BCUT2D eigenvalue weighted by Gasteiger charge is -2.14. The molecule has 0 unspecified atom stereocenters. The van der Waals surface area contributed by atoms with Crippen molar-refractivity contribution in [3.8, 4) is 0 Å². The molecular formula is C35H26N4O25P4. The van der Waals surface area contributed by atoms with E-state index in [4.69, 9.17) is 39.1 Å². The van der Waals surface area contributed by atoms with E-state index < -0.39 is 129 Å². The lowest BCUT2D eigenvalue weighted by atomic mass is 10.1. The van der Waals surface area contributed by atoms with Gasteiger partial charge in [-0.05, 0) is 78.9 Å². The number of aliphatic hydroxyl groups is 2. The lowest BCUT2D eigenvalue weighted by Crippen LogP contribution is -2.29. The third-order valence-corrected chi connectivity index (χ3v) is 9.57. The molecule has 0 saturated carbocycles. The Hall–Kier alpha value is -7.35. The second kappa shape index (κ2) is 19.9.